The maximum atomic E-state index is 14.1. The largest absolute Gasteiger partial charge is 0.496 e. The molecular formula is C29H29F3N6O4. The van der Waals surface area contributed by atoms with Crippen molar-refractivity contribution in [3.63, 3.8) is 0 Å². The lowest BCUT2D eigenvalue weighted by Crippen LogP contribution is -2.31. The molecule has 2 heterocycles. The Morgan fingerprint density at radius 1 is 1.21 bits per heavy atom. The summed E-state index contributed by atoms with van der Waals surface area (Å²) in [4.78, 5) is 13.0. The van der Waals surface area contributed by atoms with Crippen LogP contribution in [0.25, 0.3) is 33.3 Å². The summed E-state index contributed by atoms with van der Waals surface area (Å²) in [7, 11) is 2.91. The number of amides is 1. The van der Waals surface area contributed by atoms with Crippen molar-refractivity contribution in [3.8, 4) is 40.0 Å². The minimum absolute atomic E-state index is 0.0709. The van der Waals surface area contributed by atoms with Crippen LogP contribution in [0.4, 0.5) is 13.2 Å². The quantitative estimate of drug-likeness (QED) is 0.265. The van der Waals surface area contributed by atoms with Crippen LogP contribution in [0.15, 0.2) is 36.7 Å². The molecule has 0 spiro atoms. The highest BCUT2D eigenvalue weighted by molar-refractivity contribution is 6.03. The minimum Gasteiger partial charge on any atom is -0.496 e. The number of aryl methyl sites for hydroxylation is 2. The molecule has 5 rings (SSSR count). The number of ether oxygens (including phenoxy) is 2. The van der Waals surface area contributed by atoms with Crippen LogP contribution in [-0.2, 0) is 13.6 Å². The van der Waals surface area contributed by atoms with Gasteiger partial charge in [0.25, 0.3) is 5.91 Å². The number of aliphatic hydroxyl groups excluding tert-OH is 1. The van der Waals surface area contributed by atoms with Crippen LogP contribution in [0, 0.1) is 11.3 Å². The predicted molar refractivity (Wildman–Crippen MR) is 147 cm³/mol. The van der Waals surface area contributed by atoms with E-state index < -0.39 is 30.0 Å². The molecule has 4 aromatic rings. The number of methoxy groups -OCH3 is 1. The molecule has 0 aliphatic heterocycles. The standard InChI is InChI=1S/C29H29F3N6O4/c1-16(39)4-7-38-14-20(13-35-38)17-8-19(12-33)24-21(9-17)36-37(2)26(24)18-10-22(41-3)25(23(11-18)42-28(30)31)27(40)34-15-29(32)5-6-29/h8-11,13-14,16,28,39H,4-7,15H2,1-3H3,(H,34,40)/t16-/m1/s1. The van der Waals surface area contributed by atoms with E-state index >= 15 is 0 Å². The molecule has 2 aromatic carbocycles. The van der Waals surface area contributed by atoms with Gasteiger partial charge in [-0.3, -0.25) is 14.2 Å². The third-order valence-electron chi connectivity index (χ3n) is 7.16. The first-order valence-corrected chi connectivity index (χ1v) is 13.3. The number of fused-ring (bicyclic) bond motifs is 1. The zero-order valence-electron chi connectivity index (χ0n) is 23.2. The number of aromatic nitrogens is 4. The second kappa shape index (κ2) is 11.4. The van der Waals surface area contributed by atoms with E-state index in [4.69, 9.17) is 9.47 Å². The van der Waals surface area contributed by atoms with Gasteiger partial charge in [0.15, 0.2) is 0 Å². The Morgan fingerprint density at radius 3 is 2.60 bits per heavy atom. The van der Waals surface area contributed by atoms with Crippen molar-refractivity contribution in [2.45, 2.75) is 51.1 Å². The van der Waals surface area contributed by atoms with E-state index in [1.54, 1.807) is 37.0 Å². The van der Waals surface area contributed by atoms with Crippen LogP contribution < -0.4 is 14.8 Å². The summed E-state index contributed by atoms with van der Waals surface area (Å²) in [6, 6.07) is 8.39. The number of nitrogens with one attached hydrogen (secondary N) is 1. The first-order valence-electron chi connectivity index (χ1n) is 13.3. The monoisotopic (exact) mass is 582 g/mol. The fourth-order valence-corrected chi connectivity index (χ4v) is 4.81. The van der Waals surface area contributed by atoms with E-state index in [9.17, 15) is 28.3 Å². The predicted octanol–water partition coefficient (Wildman–Crippen LogP) is 4.59. The molecule has 2 aromatic heterocycles. The number of benzene rings is 2. The Labute approximate surface area is 239 Å². The van der Waals surface area contributed by atoms with Crippen LogP contribution in [0.5, 0.6) is 11.5 Å². The second-order valence-corrected chi connectivity index (χ2v) is 10.4. The van der Waals surface area contributed by atoms with Gasteiger partial charge in [-0.15, -0.1) is 0 Å². The van der Waals surface area contributed by atoms with Crippen molar-refractivity contribution in [3.05, 3.63) is 47.8 Å². The van der Waals surface area contributed by atoms with Crippen LogP contribution in [0.3, 0.4) is 0 Å². The summed E-state index contributed by atoms with van der Waals surface area (Å²) < 4.78 is 54.4. The van der Waals surface area contributed by atoms with Crippen LogP contribution in [-0.4, -0.2) is 62.6 Å². The van der Waals surface area contributed by atoms with Gasteiger partial charge in [-0.2, -0.15) is 24.2 Å². The molecule has 2 N–H and O–H groups in total. The van der Waals surface area contributed by atoms with Gasteiger partial charge in [-0.25, -0.2) is 4.39 Å². The van der Waals surface area contributed by atoms with E-state index in [1.807, 2.05) is 6.20 Å². The van der Waals surface area contributed by atoms with E-state index in [0.717, 1.165) is 5.56 Å². The van der Waals surface area contributed by atoms with Crippen LogP contribution in [0.2, 0.25) is 0 Å². The van der Waals surface area contributed by atoms with Crippen molar-refractivity contribution in [2.75, 3.05) is 13.7 Å². The highest BCUT2D eigenvalue weighted by Crippen LogP contribution is 2.41. The number of carbonyl (C=O) groups is 1. The van der Waals surface area contributed by atoms with Gasteiger partial charge in [-0.1, -0.05) is 0 Å². The molecule has 13 heteroatoms. The third kappa shape index (κ3) is 5.89. The average Bonchev–Trinajstić information content (AvgIpc) is 3.34. The zero-order valence-corrected chi connectivity index (χ0v) is 23.2. The first-order chi connectivity index (χ1) is 20.0. The van der Waals surface area contributed by atoms with Crippen molar-refractivity contribution in [2.24, 2.45) is 7.05 Å². The number of rotatable bonds is 11. The Balaban J connectivity index is 1.58. The topological polar surface area (TPSA) is 127 Å². The maximum absolute atomic E-state index is 14.1. The van der Waals surface area contributed by atoms with E-state index in [2.05, 4.69) is 21.6 Å². The molecule has 0 unspecified atom stereocenters. The molecule has 1 amide bonds. The number of hydrogen-bond donors (Lipinski definition) is 2. The van der Waals surface area contributed by atoms with Gasteiger partial charge in [0.2, 0.25) is 0 Å². The van der Waals surface area contributed by atoms with Gasteiger partial charge < -0.3 is 19.9 Å². The molecule has 10 nitrogen and oxygen atoms in total. The molecule has 220 valence electrons. The molecule has 1 fully saturated rings. The summed E-state index contributed by atoms with van der Waals surface area (Å²) in [5, 5.41) is 31.5. The number of nitriles is 1. The normalized spacial score (nSPS) is 14.5. The van der Waals surface area contributed by atoms with Crippen LogP contribution in [0.1, 0.15) is 42.1 Å². The average molecular weight is 583 g/mol. The van der Waals surface area contributed by atoms with E-state index in [-0.39, 0.29) is 23.4 Å². The van der Waals surface area contributed by atoms with Gasteiger partial charge in [0, 0.05) is 36.3 Å². The Kier molecular flexibility index (Phi) is 7.83. The van der Waals surface area contributed by atoms with Gasteiger partial charge >= 0.3 is 6.61 Å². The number of hydrogen-bond acceptors (Lipinski definition) is 7. The zero-order chi connectivity index (χ0) is 30.2. The first kappa shape index (κ1) is 28.9. The lowest BCUT2D eigenvalue weighted by molar-refractivity contribution is -0.0502. The molecule has 1 aliphatic rings. The number of aliphatic hydroxyl groups is 1. The lowest BCUT2D eigenvalue weighted by atomic mass is 9.97. The molecule has 0 bridgehead atoms. The van der Waals surface area contributed by atoms with E-state index in [1.165, 1.54) is 23.9 Å². The molecule has 0 radical (unpaired) electrons. The van der Waals surface area contributed by atoms with Crippen molar-refractivity contribution in [1.29, 1.82) is 5.26 Å². The number of carbonyl (C=O) groups excluding carboxylic acids is 1. The lowest BCUT2D eigenvalue weighted by Gasteiger charge is -2.17. The fourth-order valence-electron chi connectivity index (χ4n) is 4.81. The summed E-state index contributed by atoms with van der Waals surface area (Å²) in [5.74, 6) is -1.35. The van der Waals surface area contributed by atoms with Gasteiger partial charge in [0.05, 0.1) is 48.8 Å². The van der Waals surface area contributed by atoms with Crippen molar-refractivity contribution < 1.29 is 32.5 Å². The van der Waals surface area contributed by atoms with Gasteiger partial charge in [-0.05, 0) is 56.0 Å². The summed E-state index contributed by atoms with van der Waals surface area (Å²) in [6.07, 6.45) is 4.16. The molecule has 0 saturated heterocycles. The van der Waals surface area contributed by atoms with Gasteiger partial charge in [0.1, 0.15) is 22.7 Å². The second-order valence-electron chi connectivity index (χ2n) is 10.4. The van der Waals surface area contributed by atoms with E-state index in [0.29, 0.717) is 53.5 Å². The highest BCUT2D eigenvalue weighted by Gasteiger charge is 2.43. The molecular weight excluding hydrogens is 553 g/mol. The summed E-state index contributed by atoms with van der Waals surface area (Å²) in [6.45, 7) is -1.29. The highest BCUT2D eigenvalue weighted by atomic mass is 19.3. The summed E-state index contributed by atoms with van der Waals surface area (Å²) >= 11 is 0. The number of halogens is 3. The number of alkyl halides is 3. The SMILES string of the molecule is COc1cc(-c2c3c(C#N)cc(-c4cnn(CC[C@@H](C)O)c4)cc3nn2C)cc(OC(F)F)c1C(=O)NCC1(F)CC1. The third-order valence-corrected chi connectivity index (χ3v) is 7.16. The summed E-state index contributed by atoms with van der Waals surface area (Å²) in [5.41, 5.74) is 1.10. The Bertz CT molecular complexity index is 1690. The molecule has 1 atom stereocenters. The Morgan fingerprint density at radius 2 is 1.95 bits per heavy atom. The molecule has 1 aliphatic carbocycles. The fraction of sp³-hybridized carbons (Fsp3) is 0.379. The molecule has 42 heavy (non-hydrogen) atoms. The van der Waals surface area contributed by atoms with Crippen molar-refractivity contribution >= 4 is 16.8 Å². The maximum Gasteiger partial charge on any atom is 0.387 e. The van der Waals surface area contributed by atoms with Crippen molar-refractivity contribution in [1.82, 2.24) is 24.9 Å². The minimum atomic E-state index is -3.26. The smallest absolute Gasteiger partial charge is 0.387 e. The van der Waals surface area contributed by atoms with Crippen LogP contribution >= 0.6 is 0 Å². The Hall–Kier alpha value is -4.57. The number of nitrogens with zero attached hydrogens (tertiary/aromatic N) is 5. The molecule has 1 saturated carbocycles.